The van der Waals surface area contributed by atoms with E-state index in [4.69, 9.17) is 0 Å². The Morgan fingerprint density at radius 3 is 0.592 bits per heavy atom. The van der Waals surface area contributed by atoms with Crippen LogP contribution in [-0.4, -0.2) is 15.3 Å². The van der Waals surface area contributed by atoms with E-state index in [1.807, 2.05) is 0 Å². The fourth-order valence-electron chi connectivity index (χ4n) is 6.87. The number of aromatic hydroxyl groups is 3. The Labute approximate surface area is 300 Å². The standard InChI is InChI=1S/C45H69NO3/c1-40(2,3)31-19-28(20-32(37(31)47)41(4,5)6)25-46(26-29-21-33(42(7,8)9)38(48)34(22-29)43(10,11)12)27-30-23-35(44(13,14)15)39(49)36(24-30)45(16,17)18/h19-24,47-49H,25-27H2,1-18H3/p+1. The highest BCUT2D eigenvalue weighted by Crippen LogP contribution is 2.42. The van der Waals surface area contributed by atoms with Gasteiger partial charge in [0, 0.05) is 50.1 Å². The Kier molecular flexibility index (Phi) is 11.0. The van der Waals surface area contributed by atoms with Gasteiger partial charge in [-0.05, 0) is 68.9 Å². The molecule has 0 fully saturated rings. The molecule has 0 atom stereocenters. The number of benzene rings is 3. The zero-order valence-electron chi connectivity index (χ0n) is 34.4. The summed E-state index contributed by atoms with van der Waals surface area (Å²) in [4.78, 5) is 1.35. The normalized spacial score (nSPS) is 13.8. The molecule has 272 valence electrons. The van der Waals surface area contributed by atoms with Crippen molar-refractivity contribution in [3.8, 4) is 17.2 Å². The molecule has 0 aliphatic carbocycles. The van der Waals surface area contributed by atoms with Crippen molar-refractivity contribution in [3.05, 3.63) is 86.5 Å². The summed E-state index contributed by atoms with van der Waals surface area (Å²) in [5.41, 5.74) is 8.08. The zero-order chi connectivity index (χ0) is 37.9. The van der Waals surface area contributed by atoms with Gasteiger partial charge < -0.3 is 20.2 Å². The molecule has 4 nitrogen and oxygen atoms in total. The number of phenolic OH excluding ortho intramolecular Hbond substituents is 3. The fraction of sp³-hybridized carbons (Fsp3) is 0.600. The van der Waals surface area contributed by atoms with Gasteiger partial charge in [-0.3, -0.25) is 0 Å². The molecule has 0 radical (unpaired) electrons. The van der Waals surface area contributed by atoms with Crippen LogP contribution in [0.4, 0.5) is 0 Å². The summed E-state index contributed by atoms with van der Waals surface area (Å²) in [7, 11) is 0. The molecule has 0 aliphatic rings. The van der Waals surface area contributed by atoms with Crippen LogP contribution >= 0.6 is 0 Å². The molecule has 0 amide bonds. The maximum Gasteiger partial charge on any atom is 0.123 e. The van der Waals surface area contributed by atoms with Crippen molar-refractivity contribution < 1.29 is 20.2 Å². The number of hydrogen-bond acceptors (Lipinski definition) is 3. The average Bonchev–Trinajstić information content (AvgIpc) is 2.87. The summed E-state index contributed by atoms with van der Waals surface area (Å²) in [6.45, 7) is 41.2. The lowest BCUT2D eigenvalue weighted by atomic mass is 9.78. The molecule has 0 heterocycles. The highest BCUT2D eigenvalue weighted by Gasteiger charge is 2.31. The first-order valence-corrected chi connectivity index (χ1v) is 18.3. The van der Waals surface area contributed by atoms with Gasteiger partial charge >= 0.3 is 0 Å². The van der Waals surface area contributed by atoms with Crippen molar-refractivity contribution in [1.29, 1.82) is 0 Å². The second-order valence-corrected chi connectivity index (χ2v) is 20.9. The van der Waals surface area contributed by atoms with Gasteiger partial charge in [0.15, 0.2) is 0 Å². The number of phenols is 3. The van der Waals surface area contributed by atoms with Crippen LogP contribution in [0.5, 0.6) is 17.2 Å². The lowest BCUT2D eigenvalue weighted by Crippen LogP contribution is -3.08. The highest BCUT2D eigenvalue weighted by molar-refractivity contribution is 5.52. The first-order valence-electron chi connectivity index (χ1n) is 18.3. The van der Waals surface area contributed by atoms with Crippen molar-refractivity contribution >= 4 is 0 Å². The van der Waals surface area contributed by atoms with Crippen molar-refractivity contribution in [1.82, 2.24) is 0 Å². The van der Waals surface area contributed by atoms with E-state index < -0.39 is 0 Å². The van der Waals surface area contributed by atoms with Gasteiger partial charge in [0.1, 0.15) is 36.9 Å². The number of hydrogen-bond donors (Lipinski definition) is 4. The minimum Gasteiger partial charge on any atom is -0.507 e. The molecule has 0 saturated heterocycles. The van der Waals surface area contributed by atoms with E-state index in [2.05, 4.69) is 161 Å². The van der Waals surface area contributed by atoms with E-state index in [0.717, 1.165) is 53.0 Å². The highest BCUT2D eigenvalue weighted by atomic mass is 16.3. The van der Waals surface area contributed by atoms with Crippen LogP contribution in [0.25, 0.3) is 0 Å². The molecular weight excluding hydrogens is 602 g/mol. The smallest absolute Gasteiger partial charge is 0.123 e. The average molecular weight is 673 g/mol. The van der Waals surface area contributed by atoms with Crippen LogP contribution in [0.2, 0.25) is 0 Å². The van der Waals surface area contributed by atoms with Gasteiger partial charge in [0.25, 0.3) is 0 Å². The van der Waals surface area contributed by atoms with Gasteiger partial charge in [0.05, 0.1) is 0 Å². The second-order valence-electron chi connectivity index (χ2n) is 20.9. The van der Waals surface area contributed by atoms with Crippen LogP contribution in [0.15, 0.2) is 36.4 Å². The molecule has 0 saturated carbocycles. The molecule has 4 N–H and O–H groups in total. The molecule has 3 aromatic carbocycles. The maximum atomic E-state index is 11.5. The lowest BCUT2D eigenvalue weighted by molar-refractivity contribution is -0.941. The molecule has 0 aromatic heterocycles. The predicted molar refractivity (Wildman–Crippen MR) is 209 cm³/mol. The van der Waals surface area contributed by atoms with Crippen molar-refractivity contribution in [3.63, 3.8) is 0 Å². The SMILES string of the molecule is CC(C)(C)c1cc(C[NH+](Cc2cc(C(C)(C)C)c(O)c(C(C)(C)C)c2)Cc2cc(C(C)(C)C)c(O)c(C(C)(C)C)c2)cc(C(C)(C)C)c1O. The largest absolute Gasteiger partial charge is 0.507 e. The van der Waals surface area contributed by atoms with E-state index in [1.165, 1.54) is 21.6 Å². The Balaban J connectivity index is 2.33. The van der Waals surface area contributed by atoms with Crippen LogP contribution in [0.3, 0.4) is 0 Å². The van der Waals surface area contributed by atoms with E-state index in [0.29, 0.717) is 17.2 Å². The van der Waals surface area contributed by atoms with Crippen molar-refractivity contribution in [2.24, 2.45) is 0 Å². The van der Waals surface area contributed by atoms with Gasteiger partial charge in [-0.25, -0.2) is 0 Å². The minimum atomic E-state index is -0.222. The Hall–Kier alpha value is -2.98. The molecule has 0 bridgehead atoms. The molecule has 4 heteroatoms. The third kappa shape index (κ3) is 9.63. The van der Waals surface area contributed by atoms with Crippen molar-refractivity contribution in [2.45, 2.75) is 177 Å². The third-order valence-corrected chi connectivity index (χ3v) is 9.72. The zero-order valence-corrected chi connectivity index (χ0v) is 34.4. The van der Waals surface area contributed by atoms with Crippen molar-refractivity contribution in [2.75, 3.05) is 0 Å². The van der Waals surface area contributed by atoms with Gasteiger partial charge in [-0.2, -0.15) is 0 Å². The van der Waals surface area contributed by atoms with E-state index in [-0.39, 0.29) is 32.5 Å². The van der Waals surface area contributed by atoms with Crippen LogP contribution in [-0.2, 0) is 52.1 Å². The maximum absolute atomic E-state index is 11.5. The topological polar surface area (TPSA) is 65.1 Å². The predicted octanol–water partition coefficient (Wildman–Crippen LogP) is 10.4. The molecule has 0 unspecified atom stereocenters. The second kappa shape index (κ2) is 13.3. The van der Waals surface area contributed by atoms with E-state index >= 15 is 0 Å². The van der Waals surface area contributed by atoms with Gasteiger partial charge in [-0.15, -0.1) is 0 Å². The molecule has 49 heavy (non-hydrogen) atoms. The summed E-state index contributed by atoms with van der Waals surface area (Å²) in [5.74, 6) is 1.20. The number of rotatable bonds is 6. The molecule has 3 rings (SSSR count). The first kappa shape index (κ1) is 40.4. The minimum absolute atomic E-state index is 0.222. The van der Waals surface area contributed by atoms with Crippen LogP contribution in [0.1, 0.15) is 175 Å². The molecule has 0 aliphatic heterocycles. The lowest BCUT2D eigenvalue weighted by Gasteiger charge is -2.31. The fourth-order valence-corrected chi connectivity index (χ4v) is 6.87. The summed E-state index contributed by atoms with van der Waals surface area (Å²) in [6.07, 6.45) is 0. The number of nitrogens with one attached hydrogen (secondary N) is 1. The van der Waals surface area contributed by atoms with E-state index in [1.54, 1.807) is 0 Å². The molecular formula is C45H70NO3+. The Morgan fingerprint density at radius 1 is 0.327 bits per heavy atom. The first-order chi connectivity index (χ1) is 21.8. The molecule has 3 aromatic rings. The Bertz CT molecular complexity index is 1350. The van der Waals surface area contributed by atoms with Crippen LogP contribution in [0, 0.1) is 0 Å². The van der Waals surface area contributed by atoms with E-state index in [9.17, 15) is 15.3 Å². The molecule has 0 spiro atoms. The Morgan fingerprint density at radius 2 is 0.469 bits per heavy atom. The van der Waals surface area contributed by atoms with Gasteiger partial charge in [0.2, 0.25) is 0 Å². The monoisotopic (exact) mass is 673 g/mol. The van der Waals surface area contributed by atoms with Gasteiger partial charge in [-0.1, -0.05) is 125 Å². The summed E-state index contributed by atoms with van der Waals surface area (Å²) in [5, 5.41) is 34.5. The third-order valence-electron chi connectivity index (χ3n) is 9.72. The summed E-state index contributed by atoms with van der Waals surface area (Å²) < 4.78 is 0. The number of quaternary nitrogens is 1. The summed E-state index contributed by atoms with van der Waals surface area (Å²) in [6, 6.07) is 13.3. The summed E-state index contributed by atoms with van der Waals surface area (Å²) >= 11 is 0. The van der Waals surface area contributed by atoms with Crippen LogP contribution < -0.4 is 4.90 Å². The quantitative estimate of drug-likeness (QED) is 0.211.